The topological polar surface area (TPSA) is 97.0 Å². The Hall–Kier alpha value is -2.78. The molecule has 0 saturated carbocycles. The van der Waals surface area contributed by atoms with E-state index in [0.29, 0.717) is 37.6 Å². The molecular formula is C18H21N3O5S. The van der Waals surface area contributed by atoms with Gasteiger partial charge >= 0.3 is 5.97 Å². The van der Waals surface area contributed by atoms with Crippen LogP contribution in [0.15, 0.2) is 36.4 Å². The first-order valence-electron chi connectivity index (χ1n) is 8.44. The predicted octanol–water partition coefficient (Wildman–Crippen LogP) is 1.09. The van der Waals surface area contributed by atoms with Crippen molar-refractivity contribution in [3.05, 3.63) is 42.0 Å². The molecule has 1 aliphatic heterocycles. The third kappa shape index (κ3) is 6.46. The lowest BCUT2D eigenvalue weighted by Gasteiger charge is -2.27. The average Bonchev–Trinajstić information content (AvgIpc) is 2.67. The molecule has 1 fully saturated rings. The molecule has 2 rings (SSSR count). The molecule has 8 nitrogen and oxygen atoms in total. The number of morpholine rings is 1. The molecule has 0 unspecified atom stereocenters. The van der Waals surface area contributed by atoms with E-state index in [1.807, 2.05) is 0 Å². The fourth-order valence-corrected chi connectivity index (χ4v) is 2.57. The van der Waals surface area contributed by atoms with Crippen LogP contribution in [0.1, 0.15) is 17.3 Å². The van der Waals surface area contributed by atoms with Crippen molar-refractivity contribution < 1.29 is 23.9 Å². The fourth-order valence-electron chi connectivity index (χ4n) is 2.36. The second-order valence-electron chi connectivity index (χ2n) is 5.48. The van der Waals surface area contributed by atoms with Crippen molar-refractivity contribution in [3.8, 4) is 0 Å². The molecule has 2 amide bonds. The van der Waals surface area contributed by atoms with E-state index in [9.17, 15) is 14.4 Å². The first-order chi connectivity index (χ1) is 13.0. The lowest BCUT2D eigenvalue weighted by Crippen LogP contribution is -2.41. The van der Waals surface area contributed by atoms with Crippen LogP contribution in [0.3, 0.4) is 0 Å². The zero-order chi connectivity index (χ0) is 19.6. The van der Waals surface area contributed by atoms with Crippen LogP contribution in [0.4, 0.5) is 5.69 Å². The van der Waals surface area contributed by atoms with Crippen molar-refractivity contribution in [2.75, 3.05) is 38.2 Å². The molecule has 0 radical (unpaired) electrons. The Bertz CT molecular complexity index is 744. The molecule has 2 N–H and O–H groups in total. The Balaban J connectivity index is 1.98. The number of amides is 2. The van der Waals surface area contributed by atoms with Gasteiger partial charge in [0, 0.05) is 25.2 Å². The second-order valence-corrected chi connectivity index (χ2v) is 5.89. The maximum Gasteiger partial charge on any atom is 0.330 e. The first-order valence-corrected chi connectivity index (χ1v) is 8.85. The zero-order valence-corrected chi connectivity index (χ0v) is 15.7. The summed E-state index contributed by atoms with van der Waals surface area (Å²) in [6, 6.07) is 6.89. The summed E-state index contributed by atoms with van der Waals surface area (Å²) in [6.07, 6.45) is 2.04. The van der Waals surface area contributed by atoms with Gasteiger partial charge in [0.05, 0.1) is 31.1 Å². The molecule has 9 heteroatoms. The summed E-state index contributed by atoms with van der Waals surface area (Å²) in [6.45, 7) is 3.93. The highest BCUT2D eigenvalue weighted by atomic mass is 32.1. The van der Waals surface area contributed by atoms with Gasteiger partial charge in [-0.2, -0.15) is 0 Å². The molecule has 27 heavy (non-hydrogen) atoms. The number of nitrogens with one attached hydrogen (secondary N) is 2. The van der Waals surface area contributed by atoms with Crippen molar-refractivity contribution in [1.29, 1.82) is 0 Å². The zero-order valence-electron chi connectivity index (χ0n) is 14.9. The Labute approximate surface area is 162 Å². The van der Waals surface area contributed by atoms with Gasteiger partial charge in [-0.05, 0) is 31.3 Å². The highest BCUT2D eigenvalue weighted by Crippen LogP contribution is 2.18. The maximum absolute atomic E-state index is 12.7. The summed E-state index contributed by atoms with van der Waals surface area (Å²) >= 11 is 5.11. The van der Waals surface area contributed by atoms with Crippen LogP contribution in [0.25, 0.3) is 0 Å². The lowest BCUT2D eigenvalue weighted by molar-refractivity contribution is -0.137. The van der Waals surface area contributed by atoms with Gasteiger partial charge in [0.15, 0.2) is 5.11 Å². The van der Waals surface area contributed by atoms with Gasteiger partial charge in [-0.15, -0.1) is 0 Å². The molecule has 1 aromatic rings. The number of rotatable bonds is 5. The Kier molecular flexibility index (Phi) is 7.90. The van der Waals surface area contributed by atoms with Gasteiger partial charge in [-0.1, -0.05) is 12.1 Å². The number of thiocarbonyl (C=S) groups is 1. The normalized spacial score (nSPS) is 13.9. The number of carbonyl (C=O) groups excluding carboxylic acids is 3. The van der Waals surface area contributed by atoms with E-state index in [1.54, 1.807) is 36.1 Å². The van der Waals surface area contributed by atoms with Crippen LogP contribution in [-0.4, -0.2) is 60.7 Å². The molecule has 1 aromatic carbocycles. The standard InChI is InChI=1S/C18H21N3O5S/c1-2-26-16(23)8-7-15(22)20-18(27)19-14-6-4-3-5-13(14)17(24)21-9-11-25-12-10-21/h3-8H,2,9-12H2,1H3,(H2,19,20,22,27). The smallest absolute Gasteiger partial charge is 0.330 e. The monoisotopic (exact) mass is 391 g/mol. The van der Waals surface area contributed by atoms with Crippen molar-refractivity contribution >= 4 is 40.8 Å². The SMILES string of the molecule is CCOC(=O)C=CC(=O)NC(=S)Nc1ccccc1C(=O)N1CCOCC1. The molecule has 0 spiro atoms. The molecule has 0 bridgehead atoms. The number of anilines is 1. The molecule has 1 saturated heterocycles. The number of hydrogen-bond donors (Lipinski definition) is 2. The summed E-state index contributed by atoms with van der Waals surface area (Å²) in [5.74, 6) is -1.34. The molecule has 1 heterocycles. The van der Waals surface area contributed by atoms with Crippen LogP contribution in [0, 0.1) is 0 Å². The second kappa shape index (κ2) is 10.4. The van der Waals surface area contributed by atoms with Gasteiger partial charge < -0.3 is 19.7 Å². The minimum absolute atomic E-state index is 0.00994. The predicted molar refractivity (Wildman–Crippen MR) is 103 cm³/mol. The highest BCUT2D eigenvalue weighted by molar-refractivity contribution is 7.80. The Morgan fingerprint density at radius 1 is 1.22 bits per heavy atom. The van der Waals surface area contributed by atoms with E-state index in [-0.39, 0.29) is 17.6 Å². The molecule has 0 aliphatic carbocycles. The third-order valence-electron chi connectivity index (χ3n) is 3.60. The van der Waals surface area contributed by atoms with Gasteiger partial charge in [0.1, 0.15) is 0 Å². The van der Waals surface area contributed by atoms with Gasteiger partial charge in [-0.3, -0.25) is 14.9 Å². The number of benzene rings is 1. The first kappa shape index (κ1) is 20.5. The summed E-state index contributed by atoms with van der Waals surface area (Å²) < 4.78 is 9.95. The summed E-state index contributed by atoms with van der Waals surface area (Å²) in [5, 5.41) is 5.27. The number of para-hydroxylation sites is 1. The largest absolute Gasteiger partial charge is 0.463 e. The third-order valence-corrected chi connectivity index (χ3v) is 3.80. The summed E-state index contributed by atoms with van der Waals surface area (Å²) in [5.41, 5.74) is 0.923. The van der Waals surface area contributed by atoms with Crippen LogP contribution in [0.5, 0.6) is 0 Å². The average molecular weight is 391 g/mol. The number of hydrogen-bond acceptors (Lipinski definition) is 6. The lowest BCUT2D eigenvalue weighted by atomic mass is 10.1. The number of carbonyl (C=O) groups is 3. The van der Waals surface area contributed by atoms with E-state index in [4.69, 9.17) is 17.0 Å². The molecule has 0 atom stereocenters. The number of esters is 1. The van der Waals surface area contributed by atoms with Crippen molar-refractivity contribution in [2.24, 2.45) is 0 Å². The van der Waals surface area contributed by atoms with Crippen molar-refractivity contribution in [3.63, 3.8) is 0 Å². The minimum atomic E-state index is -0.618. The summed E-state index contributed by atoms with van der Waals surface area (Å²) in [7, 11) is 0. The highest BCUT2D eigenvalue weighted by Gasteiger charge is 2.21. The molecule has 1 aliphatic rings. The maximum atomic E-state index is 12.7. The minimum Gasteiger partial charge on any atom is -0.463 e. The van der Waals surface area contributed by atoms with Crippen LogP contribution < -0.4 is 10.6 Å². The van der Waals surface area contributed by atoms with Gasteiger partial charge in [-0.25, -0.2) is 4.79 Å². The molecule has 144 valence electrons. The summed E-state index contributed by atoms with van der Waals surface area (Å²) in [4.78, 5) is 37.4. The fraction of sp³-hybridized carbons (Fsp3) is 0.333. The van der Waals surface area contributed by atoms with E-state index in [1.165, 1.54) is 0 Å². The van der Waals surface area contributed by atoms with E-state index in [2.05, 4.69) is 15.4 Å². The van der Waals surface area contributed by atoms with Crippen LogP contribution in [0.2, 0.25) is 0 Å². The van der Waals surface area contributed by atoms with Crippen LogP contribution in [-0.2, 0) is 19.1 Å². The quantitative estimate of drug-likeness (QED) is 0.441. The van der Waals surface area contributed by atoms with E-state index < -0.39 is 11.9 Å². The van der Waals surface area contributed by atoms with Crippen molar-refractivity contribution in [2.45, 2.75) is 6.92 Å². The van der Waals surface area contributed by atoms with Gasteiger partial charge in [0.2, 0.25) is 5.91 Å². The number of nitrogens with zero attached hydrogens (tertiary/aromatic N) is 1. The molecule has 0 aromatic heterocycles. The van der Waals surface area contributed by atoms with Crippen molar-refractivity contribution in [1.82, 2.24) is 10.2 Å². The van der Waals surface area contributed by atoms with E-state index >= 15 is 0 Å². The Morgan fingerprint density at radius 3 is 2.63 bits per heavy atom. The number of ether oxygens (including phenoxy) is 2. The molecular weight excluding hydrogens is 370 g/mol. The van der Waals surface area contributed by atoms with Crippen LogP contribution >= 0.6 is 12.2 Å². The Morgan fingerprint density at radius 2 is 1.93 bits per heavy atom. The van der Waals surface area contributed by atoms with Gasteiger partial charge in [0.25, 0.3) is 5.91 Å². The van der Waals surface area contributed by atoms with E-state index in [0.717, 1.165) is 12.2 Å².